The SMILES string of the molecule is C#CC(C(=O)O)([P+](=O)O)C(C)(O)c1c(-c2ccc(F)cc2)cc(-c2ccccc2)nc1C(C)C. The second kappa shape index (κ2) is 9.44. The Hall–Kier alpha value is -3.43. The van der Waals surface area contributed by atoms with Crippen LogP contribution >= 0.6 is 8.03 Å². The zero-order chi connectivity index (χ0) is 25.3. The molecule has 0 spiro atoms. The van der Waals surface area contributed by atoms with E-state index in [4.69, 9.17) is 11.4 Å². The van der Waals surface area contributed by atoms with E-state index in [9.17, 15) is 28.9 Å². The molecule has 34 heavy (non-hydrogen) atoms. The third-order valence-corrected chi connectivity index (χ3v) is 7.15. The van der Waals surface area contributed by atoms with Crippen LogP contribution in [0.2, 0.25) is 0 Å². The Bertz CT molecular complexity index is 1270. The number of benzene rings is 2. The van der Waals surface area contributed by atoms with Crippen molar-refractivity contribution in [2.24, 2.45) is 0 Å². The maximum atomic E-state index is 13.7. The minimum absolute atomic E-state index is 0.00783. The average molecular weight is 480 g/mol. The molecule has 3 aromatic rings. The van der Waals surface area contributed by atoms with Crippen LogP contribution in [-0.4, -0.2) is 31.2 Å². The largest absolute Gasteiger partial charge is 0.541 e. The number of rotatable bonds is 7. The summed E-state index contributed by atoms with van der Waals surface area (Å²) in [6, 6.07) is 16.2. The van der Waals surface area contributed by atoms with Crippen molar-refractivity contribution in [1.82, 2.24) is 4.98 Å². The third-order valence-electron chi connectivity index (χ3n) is 5.82. The Morgan fingerprint density at radius 1 is 1.12 bits per heavy atom. The second-order valence-corrected chi connectivity index (χ2v) is 9.56. The second-order valence-electron chi connectivity index (χ2n) is 8.35. The number of aromatic nitrogens is 1. The molecule has 3 N–H and O–H groups in total. The van der Waals surface area contributed by atoms with Crippen molar-refractivity contribution < 1.29 is 28.9 Å². The van der Waals surface area contributed by atoms with Crippen molar-refractivity contribution in [2.75, 3.05) is 0 Å². The van der Waals surface area contributed by atoms with Gasteiger partial charge in [0.1, 0.15) is 5.82 Å². The van der Waals surface area contributed by atoms with E-state index in [1.165, 1.54) is 24.3 Å². The van der Waals surface area contributed by atoms with E-state index in [2.05, 4.69) is 0 Å². The van der Waals surface area contributed by atoms with Crippen molar-refractivity contribution in [3.8, 4) is 34.7 Å². The molecular weight excluding hydrogens is 456 g/mol. The highest BCUT2D eigenvalue weighted by Gasteiger charge is 2.70. The van der Waals surface area contributed by atoms with Crippen LogP contribution in [-0.2, 0) is 15.0 Å². The zero-order valence-electron chi connectivity index (χ0n) is 18.9. The number of carbonyl (C=O) groups is 1. The van der Waals surface area contributed by atoms with Crippen LogP contribution in [0, 0.1) is 18.2 Å². The molecular formula is C26H24FNO5P+. The first-order valence-electron chi connectivity index (χ1n) is 10.4. The molecule has 0 saturated heterocycles. The molecule has 0 aliphatic heterocycles. The van der Waals surface area contributed by atoms with Crippen molar-refractivity contribution in [3.63, 3.8) is 0 Å². The number of nitrogens with zero attached hydrogens (tertiary/aromatic N) is 1. The van der Waals surface area contributed by atoms with E-state index in [0.717, 1.165) is 12.5 Å². The number of carboxylic acids is 1. The predicted octanol–water partition coefficient (Wildman–Crippen LogP) is 5.08. The van der Waals surface area contributed by atoms with Gasteiger partial charge in [-0.05, 0) is 52.7 Å². The topological polar surface area (TPSA) is 108 Å². The van der Waals surface area contributed by atoms with Gasteiger partial charge >= 0.3 is 19.2 Å². The first-order valence-corrected chi connectivity index (χ1v) is 11.6. The lowest BCUT2D eigenvalue weighted by Crippen LogP contribution is -2.53. The van der Waals surface area contributed by atoms with Gasteiger partial charge in [0, 0.05) is 11.1 Å². The molecule has 0 saturated carbocycles. The summed E-state index contributed by atoms with van der Waals surface area (Å²) < 4.78 is 26.1. The number of halogens is 1. The maximum absolute atomic E-state index is 13.7. The summed E-state index contributed by atoms with van der Waals surface area (Å²) in [6.45, 7) is 4.69. The number of hydrogen-bond acceptors (Lipinski definition) is 4. The van der Waals surface area contributed by atoms with E-state index in [0.29, 0.717) is 22.5 Å². The minimum atomic E-state index is -3.59. The molecule has 0 aliphatic rings. The number of terminal acetylenes is 1. The van der Waals surface area contributed by atoms with Gasteiger partial charge in [0.25, 0.3) is 0 Å². The quantitative estimate of drug-likeness (QED) is 0.322. The molecule has 3 rings (SSSR count). The van der Waals surface area contributed by atoms with Gasteiger partial charge < -0.3 is 10.2 Å². The molecule has 3 unspecified atom stereocenters. The lowest BCUT2D eigenvalue weighted by Gasteiger charge is -2.33. The molecule has 3 atom stereocenters. The molecule has 0 radical (unpaired) electrons. The maximum Gasteiger partial charge on any atom is 0.541 e. The van der Waals surface area contributed by atoms with Crippen LogP contribution in [0.1, 0.15) is 37.9 Å². The Labute approximate surface area is 198 Å². The van der Waals surface area contributed by atoms with Crippen molar-refractivity contribution in [1.29, 1.82) is 0 Å². The summed E-state index contributed by atoms with van der Waals surface area (Å²) >= 11 is 0. The Morgan fingerprint density at radius 2 is 1.71 bits per heavy atom. The van der Waals surface area contributed by atoms with Crippen LogP contribution < -0.4 is 0 Å². The standard InChI is InChI=1S/C26H23FNO5P/c1-5-26(24(29)30,34(32)33)25(4,31)22-20(17-11-13-19(27)14-12-17)15-21(28-23(22)16(2)3)18-9-7-6-8-10-18/h1,6-16,31H,2-4H3,(H-,29,30,32,33)/p+1. The highest BCUT2D eigenvalue weighted by Crippen LogP contribution is 2.52. The number of hydrogen-bond donors (Lipinski definition) is 3. The van der Waals surface area contributed by atoms with Crippen LogP contribution in [0.15, 0.2) is 60.7 Å². The van der Waals surface area contributed by atoms with Gasteiger partial charge in [0.15, 0.2) is 5.60 Å². The fourth-order valence-corrected chi connectivity index (χ4v) is 4.78. The fraction of sp³-hybridized carbons (Fsp3) is 0.231. The van der Waals surface area contributed by atoms with Crippen LogP contribution in [0.5, 0.6) is 0 Å². The molecule has 0 fully saturated rings. The van der Waals surface area contributed by atoms with Gasteiger partial charge in [0.05, 0.1) is 11.4 Å². The summed E-state index contributed by atoms with van der Waals surface area (Å²) in [5.41, 5.74) is -0.189. The number of pyridine rings is 1. The number of aliphatic hydroxyl groups is 1. The summed E-state index contributed by atoms with van der Waals surface area (Å²) in [6.07, 6.45) is 5.48. The van der Waals surface area contributed by atoms with E-state index >= 15 is 0 Å². The molecule has 2 aromatic carbocycles. The predicted molar refractivity (Wildman–Crippen MR) is 128 cm³/mol. The Balaban J connectivity index is 2.51. The monoisotopic (exact) mass is 480 g/mol. The smallest absolute Gasteiger partial charge is 0.477 e. The zero-order valence-corrected chi connectivity index (χ0v) is 19.8. The van der Waals surface area contributed by atoms with E-state index in [1.807, 2.05) is 36.3 Å². The van der Waals surface area contributed by atoms with Crippen LogP contribution in [0.4, 0.5) is 4.39 Å². The first kappa shape index (κ1) is 25.2. The molecule has 8 heteroatoms. The molecule has 6 nitrogen and oxygen atoms in total. The molecule has 0 aliphatic carbocycles. The summed E-state index contributed by atoms with van der Waals surface area (Å²) in [4.78, 5) is 27.0. The van der Waals surface area contributed by atoms with Crippen LogP contribution in [0.3, 0.4) is 0 Å². The fourth-order valence-electron chi connectivity index (χ4n) is 4.02. The molecule has 0 amide bonds. The van der Waals surface area contributed by atoms with Crippen LogP contribution in [0.25, 0.3) is 22.4 Å². The number of aliphatic carboxylic acids is 1. The lowest BCUT2D eigenvalue weighted by atomic mass is 9.76. The van der Waals surface area contributed by atoms with Gasteiger partial charge in [0.2, 0.25) is 0 Å². The summed E-state index contributed by atoms with van der Waals surface area (Å²) in [7, 11) is -3.59. The molecule has 0 bridgehead atoms. The van der Waals surface area contributed by atoms with Gasteiger partial charge in [-0.2, -0.15) is 4.89 Å². The van der Waals surface area contributed by atoms with E-state index in [1.54, 1.807) is 19.9 Å². The normalized spacial score (nSPS) is 15.2. The van der Waals surface area contributed by atoms with Gasteiger partial charge in [-0.3, -0.25) is 4.98 Å². The van der Waals surface area contributed by atoms with Crippen molar-refractivity contribution in [2.45, 2.75) is 37.4 Å². The summed E-state index contributed by atoms with van der Waals surface area (Å²) in [5.74, 6) is -0.769. The molecule has 1 aromatic heterocycles. The Morgan fingerprint density at radius 3 is 2.18 bits per heavy atom. The van der Waals surface area contributed by atoms with Crippen molar-refractivity contribution in [3.05, 3.63) is 77.7 Å². The van der Waals surface area contributed by atoms with E-state index in [-0.39, 0.29) is 11.5 Å². The highest BCUT2D eigenvalue weighted by atomic mass is 31.1. The van der Waals surface area contributed by atoms with Gasteiger partial charge in [-0.15, -0.1) is 6.42 Å². The average Bonchev–Trinajstić information content (AvgIpc) is 2.79. The highest BCUT2D eigenvalue weighted by molar-refractivity contribution is 7.42. The minimum Gasteiger partial charge on any atom is -0.477 e. The third kappa shape index (κ3) is 4.12. The van der Waals surface area contributed by atoms with E-state index < -0.39 is 30.6 Å². The molecule has 174 valence electrons. The van der Waals surface area contributed by atoms with Crippen molar-refractivity contribution >= 4 is 14.0 Å². The first-order chi connectivity index (χ1) is 16.0. The lowest BCUT2D eigenvalue weighted by molar-refractivity contribution is -0.145. The van der Waals surface area contributed by atoms with Gasteiger partial charge in [-0.25, -0.2) is 9.18 Å². The van der Waals surface area contributed by atoms with Gasteiger partial charge in [-0.1, -0.05) is 56.3 Å². The number of carboxylic acid groups (broad SMARTS) is 1. The Kier molecular flexibility index (Phi) is 6.99. The molecule has 1 heterocycles. The summed E-state index contributed by atoms with van der Waals surface area (Å²) in [5, 5.41) is 18.8.